The van der Waals surface area contributed by atoms with Crippen LogP contribution >= 0.6 is 0 Å². The summed E-state index contributed by atoms with van der Waals surface area (Å²) in [4.78, 5) is 41.8. The molecule has 0 bridgehead atoms. The number of nitrogens with zero attached hydrogens (tertiary/aromatic N) is 4. The van der Waals surface area contributed by atoms with Crippen molar-refractivity contribution in [3.8, 4) is 0 Å². The van der Waals surface area contributed by atoms with Gasteiger partial charge < -0.3 is 9.80 Å². The van der Waals surface area contributed by atoms with Crippen molar-refractivity contribution in [2.75, 3.05) is 31.1 Å². The number of anilines is 1. The maximum absolute atomic E-state index is 13.0. The fourth-order valence-corrected chi connectivity index (χ4v) is 4.23. The van der Waals surface area contributed by atoms with Crippen molar-refractivity contribution in [3.63, 3.8) is 0 Å². The maximum atomic E-state index is 13.0. The Morgan fingerprint density at radius 2 is 1.85 bits per heavy atom. The molecule has 0 N–H and O–H groups in total. The van der Waals surface area contributed by atoms with Gasteiger partial charge in [0, 0.05) is 45.8 Å². The highest BCUT2D eigenvalue weighted by molar-refractivity contribution is 5.79. The Morgan fingerprint density at radius 3 is 2.52 bits per heavy atom. The molecule has 3 rings (SSSR count). The first-order chi connectivity index (χ1) is 12.9. The van der Waals surface area contributed by atoms with Crippen LogP contribution in [-0.2, 0) is 18.4 Å². The van der Waals surface area contributed by atoms with Crippen LogP contribution in [-0.4, -0.2) is 46.1 Å². The first-order valence-electron chi connectivity index (χ1n) is 10.3. The summed E-state index contributed by atoms with van der Waals surface area (Å²) in [6.07, 6.45) is 4.74. The first kappa shape index (κ1) is 19.7. The van der Waals surface area contributed by atoms with E-state index < -0.39 is 0 Å². The zero-order valence-corrected chi connectivity index (χ0v) is 16.8. The summed E-state index contributed by atoms with van der Waals surface area (Å²) in [7, 11) is 1.51. The lowest BCUT2D eigenvalue weighted by Gasteiger charge is -2.38. The fraction of sp³-hybridized carbons (Fsp3) is 0.750. The quantitative estimate of drug-likeness (QED) is 0.797. The highest BCUT2D eigenvalue weighted by Crippen LogP contribution is 2.25. The predicted octanol–water partition coefficient (Wildman–Crippen LogP) is 1.43. The van der Waals surface area contributed by atoms with Crippen molar-refractivity contribution in [2.24, 2.45) is 18.9 Å². The van der Waals surface area contributed by atoms with Crippen molar-refractivity contribution in [1.82, 2.24) is 14.0 Å². The van der Waals surface area contributed by atoms with E-state index in [9.17, 15) is 14.4 Å². The molecule has 0 radical (unpaired) electrons. The van der Waals surface area contributed by atoms with E-state index in [2.05, 4.69) is 11.8 Å². The van der Waals surface area contributed by atoms with Gasteiger partial charge in [-0.2, -0.15) is 0 Å². The van der Waals surface area contributed by atoms with Gasteiger partial charge in [0.1, 0.15) is 5.82 Å². The summed E-state index contributed by atoms with van der Waals surface area (Å²) in [5.41, 5.74) is -0.571. The van der Waals surface area contributed by atoms with Gasteiger partial charge in [-0.05, 0) is 38.0 Å². The third kappa shape index (κ3) is 4.12. The Bertz CT molecular complexity index is 789. The van der Waals surface area contributed by atoms with Crippen LogP contribution in [0.2, 0.25) is 0 Å². The molecule has 0 saturated carbocycles. The molecule has 2 fully saturated rings. The van der Waals surface area contributed by atoms with Crippen LogP contribution in [0, 0.1) is 11.8 Å². The molecule has 2 aliphatic heterocycles. The van der Waals surface area contributed by atoms with Crippen LogP contribution in [0.15, 0.2) is 15.7 Å². The maximum Gasteiger partial charge on any atom is 0.332 e. The first-order valence-corrected chi connectivity index (χ1v) is 10.3. The molecule has 2 aliphatic rings. The van der Waals surface area contributed by atoms with Crippen molar-refractivity contribution in [2.45, 2.75) is 52.5 Å². The molecule has 1 amide bonds. The minimum Gasteiger partial charge on any atom is -0.357 e. The number of piperidine rings is 2. The number of rotatable bonds is 4. The number of carbonyl (C=O) groups excluding carboxylic acids is 1. The Hall–Kier alpha value is -2.05. The molecule has 3 heterocycles. The van der Waals surface area contributed by atoms with Crippen LogP contribution in [0.5, 0.6) is 0 Å². The third-order valence-corrected chi connectivity index (χ3v) is 6.01. The SMILES string of the molecule is CCCn1c(N2CCCC(C(=O)N3CCC(C)CC3)C2)cc(=O)n(C)c1=O. The second kappa shape index (κ2) is 8.31. The molecule has 7 heteroatoms. The van der Waals surface area contributed by atoms with Crippen LogP contribution in [0.3, 0.4) is 0 Å². The lowest BCUT2D eigenvalue weighted by Crippen LogP contribution is -2.49. The largest absolute Gasteiger partial charge is 0.357 e. The van der Waals surface area contributed by atoms with Crippen LogP contribution in [0.25, 0.3) is 0 Å². The molecule has 0 aliphatic carbocycles. The summed E-state index contributed by atoms with van der Waals surface area (Å²) < 4.78 is 2.83. The molecule has 1 atom stereocenters. The molecule has 1 unspecified atom stereocenters. The van der Waals surface area contributed by atoms with Gasteiger partial charge >= 0.3 is 5.69 Å². The molecule has 0 aromatic carbocycles. The molecular formula is C20H32N4O3. The second-order valence-electron chi connectivity index (χ2n) is 8.13. The van der Waals surface area contributed by atoms with E-state index in [1.165, 1.54) is 7.05 Å². The van der Waals surface area contributed by atoms with Crippen molar-refractivity contribution >= 4 is 11.7 Å². The summed E-state index contributed by atoms with van der Waals surface area (Å²) in [5.74, 6) is 1.54. The van der Waals surface area contributed by atoms with Gasteiger partial charge in [-0.3, -0.25) is 18.7 Å². The Labute approximate surface area is 160 Å². The van der Waals surface area contributed by atoms with Gasteiger partial charge in [-0.25, -0.2) is 4.79 Å². The smallest absolute Gasteiger partial charge is 0.332 e. The summed E-state index contributed by atoms with van der Waals surface area (Å²) in [5, 5.41) is 0. The topological polar surface area (TPSA) is 67.6 Å². The monoisotopic (exact) mass is 376 g/mol. The van der Waals surface area contributed by atoms with Gasteiger partial charge in [0.05, 0.1) is 5.92 Å². The van der Waals surface area contributed by atoms with Gasteiger partial charge in [0.2, 0.25) is 5.91 Å². The van der Waals surface area contributed by atoms with E-state index in [1.54, 1.807) is 10.6 Å². The molecule has 27 heavy (non-hydrogen) atoms. The zero-order valence-electron chi connectivity index (χ0n) is 16.8. The van der Waals surface area contributed by atoms with E-state index in [4.69, 9.17) is 0 Å². The predicted molar refractivity (Wildman–Crippen MR) is 106 cm³/mol. The molecule has 150 valence electrons. The van der Waals surface area contributed by atoms with Gasteiger partial charge in [0.25, 0.3) is 5.56 Å². The van der Waals surface area contributed by atoms with Gasteiger partial charge in [-0.1, -0.05) is 13.8 Å². The lowest BCUT2D eigenvalue weighted by atomic mass is 9.93. The number of hydrogen-bond donors (Lipinski definition) is 0. The summed E-state index contributed by atoms with van der Waals surface area (Å²) in [6, 6.07) is 1.55. The van der Waals surface area contributed by atoms with E-state index >= 15 is 0 Å². The van der Waals surface area contributed by atoms with Crippen LogP contribution in [0.4, 0.5) is 5.82 Å². The number of aromatic nitrogens is 2. The van der Waals surface area contributed by atoms with Crippen molar-refractivity contribution < 1.29 is 4.79 Å². The highest BCUT2D eigenvalue weighted by atomic mass is 16.2. The average molecular weight is 377 g/mol. The van der Waals surface area contributed by atoms with E-state index in [0.29, 0.717) is 24.8 Å². The van der Waals surface area contributed by atoms with Gasteiger partial charge in [-0.15, -0.1) is 0 Å². The minimum absolute atomic E-state index is 0.0543. The zero-order chi connectivity index (χ0) is 19.6. The minimum atomic E-state index is -0.291. The Balaban J connectivity index is 1.81. The third-order valence-electron chi connectivity index (χ3n) is 6.01. The Kier molecular flexibility index (Phi) is 6.07. The molecule has 0 spiro atoms. The van der Waals surface area contributed by atoms with Crippen molar-refractivity contribution in [3.05, 3.63) is 26.9 Å². The molecule has 2 saturated heterocycles. The lowest BCUT2D eigenvalue weighted by molar-refractivity contribution is -0.137. The number of hydrogen-bond acceptors (Lipinski definition) is 4. The number of amides is 1. The fourth-order valence-electron chi connectivity index (χ4n) is 4.23. The molecule has 1 aromatic heterocycles. The van der Waals surface area contributed by atoms with Gasteiger partial charge in [0.15, 0.2) is 0 Å². The number of carbonyl (C=O) groups is 1. The summed E-state index contributed by atoms with van der Waals surface area (Å²) in [6.45, 7) is 7.89. The molecule has 7 nitrogen and oxygen atoms in total. The van der Waals surface area contributed by atoms with Crippen LogP contribution in [0.1, 0.15) is 46.0 Å². The highest BCUT2D eigenvalue weighted by Gasteiger charge is 2.32. The normalized spacial score (nSPS) is 21.5. The van der Waals surface area contributed by atoms with Crippen molar-refractivity contribution in [1.29, 1.82) is 0 Å². The Morgan fingerprint density at radius 1 is 1.15 bits per heavy atom. The van der Waals surface area contributed by atoms with E-state index in [1.807, 2.05) is 11.8 Å². The second-order valence-corrected chi connectivity index (χ2v) is 8.13. The molecular weight excluding hydrogens is 344 g/mol. The average Bonchev–Trinajstić information content (AvgIpc) is 2.68. The van der Waals surface area contributed by atoms with Crippen LogP contribution < -0.4 is 16.1 Å². The molecule has 1 aromatic rings. The summed E-state index contributed by atoms with van der Waals surface area (Å²) >= 11 is 0. The number of likely N-dealkylation sites (tertiary alicyclic amines) is 1. The standard InChI is InChI=1S/C20H32N4O3/c1-4-9-24-17(13-18(25)21(3)20(24)27)23-10-5-6-16(14-23)19(26)22-11-7-15(2)8-12-22/h13,15-16H,4-12,14H2,1-3H3. The van der Waals surface area contributed by atoms with E-state index in [0.717, 1.165) is 56.3 Å². The van der Waals surface area contributed by atoms with E-state index in [-0.39, 0.29) is 23.1 Å².